The minimum atomic E-state index is 0.0505. The van der Waals surface area contributed by atoms with E-state index in [4.69, 9.17) is 9.57 Å². The second-order valence-electron chi connectivity index (χ2n) is 2.97. The summed E-state index contributed by atoms with van der Waals surface area (Å²) in [6.45, 7) is 1.95. The summed E-state index contributed by atoms with van der Waals surface area (Å²) in [5.41, 5.74) is 3.78. The molecule has 14 heavy (non-hydrogen) atoms. The van der Waals surface area contributed by atoms with Crippen LogP contribution in [-0.2, 0) is 4.84 Å². The van der Waals surface area contributed by atoms with Crippen LogP contribution in [0.3, 0.4) is 0 Å². The number of phenolic OH excluding ortho intramolecular Hbond substituents is 1. The fourth-order valence-electron chi connectivity index (χ4n) is 1.21. The second-order valence-corrected chi connectivity index (χ2v) is 2.97. The number of nitrogens with one attached hydrogen (secondary N) is 1. The van der Waals surface area contributed by atoms with Gasteiger partial charge in [-0.15, -0.1) is 0 Å². The number of rotatable bonds is 4. The fourth-order valence-corrected chi connectivity index (χ4v) is 1.21. The molecule has 1 aromatic carbocycles. The van der Waals surface area contributed by atoms with E-state index in [-0.39, 0.29) is 11.8 Å². The van der Waals surface area contributed by atoms with Crippen LogP contribution < -0.4 is 10.2 Å². The van der Waals surface area contributed by atoms with Crippen LogP contribution in [0.25, 0.3) is 0 Å². The molecule has 0 aliphatic heterocycles. The predicted molar refractivity (Wildman–Crippen MR) is 53.2 cm³/mol. The fraction of sp³-hybridized carbons (Fsp3) is 0.400. The lowest BCUT2D eigenvalue weighted by atomic mass is 10.1. The molecule has 4 heteroatoms. The van der Waals surface area contributed by atoms with E-state index in [9.17, 15) is 5.11 Å². The molecule has 1 rings (SSSR count). The zero-order valence-electron chi connectivity index (χ0n) is 8.57. The number of hydroxylamine groups is 1. The lowest BCUT2D eigenvalue weighted by Crippen LogP contribution is -2.16. The van der Waals surface area contributed by atoms with Gasteiger partial charge in [-0.3, -0.25) is 0 Å². The zero-order chi connectivity index (χ0) is 10.6. The molecule has 0 aromatic heterocycles. The van der Waals surface area contributed by atoms with E-state index in [0.717, 1.165) is 5.56 Å². The van der Waals surface area contributed by atoms with Crippen LogP contribution in [0.15, 0.2) is 18.2 Å². The van der Waals surface area contributed by atoms with Gasteiger partial charge in [0.05, 0.1) is 20.3 Å². The summed E-state index contributed by atoms with van der Waals surface area (Å²) in [5, 5.41) is 9.37. The number of aromatic hydroxyl groups is 1. The molecule has 1 aromatic rings. The van der Waals surface area contributed by atoms with Gasteiger partial charge in [-0.05, 0) is 24.6 Å². The molecule has 0 bridgehead atoms. The lowest BCUT2D eigenvalue weighted by Gasteiger charge is -2.13. The maximum atomic E-state index is 9.37. The standard InChI is InChI=1S/C10H15NO3/c1-7(11-14-3)8-4-5-9(12)10(6-8)13-2/h4-7,11-12H,1-3H3. The van der Waals surface area contributed by atoms with Gasteiger partial charge < -0.3 is 14.7 Å². The summed E-state index contributed by atoms with van der Waals surface area (Å²) in [6.07, 6.45) is 0. The van der Waals surface area contributed by atoms with Crippen molar-refractivity contribution < 1.29 is 14.7 Å². The molecule has 0 radical (unpaired) electrons. The molecule has 0 heterocycles. The van der Waals surface area contributed by atoms with E-state index in [2.05, 4.69) is 5.48 Å². The summed E-state index contributed by atoms with van der Waals surface area (Å²) < 4.78 is 5.00. The quantitative estimate of drug-likeness (QED) is 0.720. The third kappa shape index (κ3) is 2.37. The average molecular weight is 197 g/mol. The number of methoxy groups -OCH3 is 1. The number of benzene rings is 1. The molecule has 0 aliphatic carbocycles. The third-order valence-electron chi connectivity index (χ3n) is 2.00. The Kier molecular flexibility index (Phi) is 3.73. The SMILES string of the molecule is CONC(C)c1ccc(O)c(OC)c1. The largest absolute Gasteiger partial charge is 0.504 e. The van der Waals surface area contributed by atoms with Crippen molar-refractivity contribution in [1.82, 2.24) is 5.48 Å². The van der Waals surface area contributed by atoms with E-state index in [1.807, 2.05) is 13.0 Å². The van der Waals surface area contributed by atoms with Gasteiger partial charge in [-0.2, -0.15) is 5.48 Å². The van der Waals surface area contributed by atoms with Gasteiger partial charge in [0, 0.05) is 0 Å². The first kappa shape index (κ1) is 10.8. The van der Waals surface area contributed by atoms with E-state index < -0.39 is 0 Å². The van der Waals surface area contributed by atoms with E-state index in [0.29, 0.717) is 5.75 Å². The summed E-state index contributed by atoms with van der Waals surface area (Å²) in [5.74, 6) is 0.605. The van der Waals surface area contributed by atoms with Crippen LogP contribution in [-0.4, -0.2) is 19.3 Å². The van der Waals surface area contributed by atoms with Crippen LogP contribution in [0.4, 0.5) is 0 Å². The zero-order valence-corrected chi connectivity index (χ0v) is 8.57. The highest BCUT2D eigenvalue weighted by Crippen LogP contribution is 2.28. The number of ether oxygens (including phenoxy) is 1. The molecular weight excluding hydrogens is 182 g/mol. The molecule has 2 N–H and O–H groups in total. The van der Waals surface area contributed by atoms with Crippen molar-refractivity contribution >= 4 is 0 Å². The van der Waals surface area contributed by atoms with Gasteiger partial charge in [0.2, 0.25) is 0 Å². The maximum absolute atomic E-state index is 9.37. The van der Waals surface area contributed by atoms with E-state index >= 15 is 0 Å². The molecule has 78 valence electrons. The third-order valence-corrected chi connectivity index (χ3v) is 2.00. The second kappa shape index (κ2) is 4.83. The molecule has 1 unspecified atom stereocenters. The first-order chi connectivity index (χ1) is 6.69. The average Bonchev–Trinajstić information content (AvgIpc) is 2.19. The summed E-state index contributed by atoms with van der Waals surface area (Å²) >= 11 is 0. The van der Waals surface area contributed by atoms with Crippen LogP contribution in [0, 0.1) is 0 Å². The van der Waals surface area contributed by atoms with Crippen LogP contribution in [0.5, 0.6) is 11.5 Å². The molecular formula is C10H15NO3. The van der Waals surface area contributed by atoms with Gasteiger partial charge in [-0.1, -0.05) is 6.07 Å². The normalized spacial score (nSPS) is 12.5. The Hall–Kier alpha value is -1.26. The van der Waals surface area contributed by atoms with E-state index in [1.165, 1.54) is 7.11 Å². The highest BCUT2D eigenvalue weighted by Gasteiger charge is 2.08. The van der Waals surface area contributed by atoms with Crippen molar-refractivity contribution in [3.63, 3.8) is 0 Å². The Labute approximate surface area is 83.4 Å². The Bertz CT molecular complexity index is 301. The Morgan fingerprint density at radius 1 is 1.36 bits per heavy atom. The van der Waals surface area contributed by atoms with Gasteiger partial charge in [0.25, 0.3) is 0 Å². The highest BCUT2D eigenvalue weighted by molar-refractivity contribution is 5.42. The van der Waals surface area contributed by atoms with Gasteiger partial charge >= 0.3 is 0 Å². The predicted octanol–water partition coefficient (Wildman–Crippen LogP) is 1.61. The minimum Gasteiger partial charge on any atom is -0.504 e. The van der Waals surface area contributed by atoms with Crippen molar-refractivity contribution in [2.24, 2.45) is 0 Å². The molecule has 0 spiro atoms. The van der Waals surface area contributed by atoms with Crippen molar-refractivity contribution in [3.05, 3.63) is 23.8 Å². The molecule has 4 nitrogen and oxygen atoms in total. The minimum absolute atomic E-state index is 0.0505. The Morgan fingerprint density at radius 2 is 2.07 bits per heavy atom. The Morgan fingerprint density at radius 3 is 2.64 bits per heavy atom. The number of hydrogen-bond donors (Lipinski definition) is 2. The lowest BCUT2D eigenvalue weighted by molar-refractivity contribution is 0.0658. The monoisotopic (exact) mass is 197 g/mol. The Balaban J connectivity index is 2.88. The molecule has 0 amide bonds. The van der Waals surface area contributed by atoms with Crippen molar-refractivity contribution in [2.75, 3.05) is 14.2 Å². The van der Waals surface area contributed by atoms with Crippen molar-refractivity contribution in [2.45, 2.75) is 13.0 Å². The van der Waals surface area contributed by atoms with Crippen LogP contribution in [0.2, 0.25) is 0 Å². The topological polar surface area (TPSA) is 50.7 Å². The summed E-state index contributed by atoms with van der Waals surface area (Å²) in [6, 6.07) is 5.23. The maximum Gasteiger partial charge on any atom is 0.160 e. The van der Waals surface area contributed by atoms with Gasteiger partial charge in [-0.25, -0.2) is 0 Å². The molecule has 0 saturated heterocycles. The summed E-state index contributed by atoms with van der Waals surface area (Å²) in [7, 11) is 3.08. The molecule has 0 aliphatic rings. The van der Waals surface area contributed by atoms with E-state index in [1.54, 1.807) is 19.2 Å². The first-order valence-electron chi connectivity index (χ1n) is 4.34. The van der Waals surface area contributed by atoms with Gasteiger partial charge in [0.15, 0.2) is 11.5 Å². The van der Waals surface area contributed by atoms with Crippen molar-refractivity contribution in [3.8, 4) is 11.5 Å². The molecule has 0 saturated carbocycles. The van der Waals surface area contributed by atoms with Crippen LogP contribution in [0.1, 0.15) is 18.5 Å². The molecule has 1 atom stereocenters. The number of phenols is 1. The van der Waals surface area contributed by atoms with Crippen molar-refractivity contribution in [1.29, 1.82) is 0 Å². The highest BCUT2D eigenvalue weighted by atomic mass is 16.6. The molecule has 0 fully saturated rings. The first-order valence-corrected chi connectivity index (χ1v) is 4.34. The van der Waals surface area contributed by atoms with Gasteiger partial charge in [0.1, 0.15) is 0 Å². The number of hydrogen-bond acceptors (Lipinski definition) is 4. The smallest absolute Gasteiger partial charge is 0.160 e. The summed E-state index contributed by atoms with van der Waals surface area (Å²) in [4.78, 5) is 4.81. The van der Waals surface area contributed by atoms with Crippen LogP contribution >= 0.6 is 0 Å².